The Hall–Kier alpha value is -2.63. The first-order chi connectivity index (χ1) is 8.75. The monoisotopic (exact) mass is 244 g/mol. The number of nitrogen functional groups attached to an aromatic ring is 1. The zero-order chi connectivity index (χ0) is 12.5. The molecule has 0 atom stereocenters. The lowest BCUT2D eigenvalue weighted by atomic mass is 10.1. The number of rotatable bonds is 2. The Morgan fingerprint density at radius 1 is 1.17 bits per heavy atom. The Bertz CT molecular complexity index is 671. The number of hydrogen-bond acceptors (Lipinski definition) is 4. The summed E-state index contributed by atoms with van der Waals surface area (Å²) in [5.41, 5.74) is 8.36. The van der Waals surface area contributed by atoms with Crippen LogP contribution in [0.5, 0.6) is 0 Å². The fraction of sp³-hybridized carbons (Fsp3) is 0. The molecule has 0 bridgehead atoms. The molecule has 0 aliphatic heterocycles. The highest BCUT2D eigenvalue weighted by atomic mass is 19.1. The molecule has 0 unspecified atom stereocenters. The summed E-state index contributed by atoms with van der Waals surface area (Å²) in [5.74, 6) is 0.155. The standard InChI is InChI=1S/C12H9FN4O/c13-8-3-1-7(2-4-8)11-9(5-15-17-11)12-10(14)6-16-18-12/h1-6H,14H2,(H,15,17). The van der Waals surface area contributed by atoms with Crippen molar-refractivity contribution in [3.8, 4) is 22.6 Å². The van der Waals surface area contributed by atoms with Gasteiger partial charge in [0, 0.05) is 5.56 Å². The van der Waals surface area contributed by atoms with Crippen molar-refractivity contribution in [3.05, 3.63) is 42.5 Å². The second-order valence-corrected chi connectivity index (χ2v) is 3.78. The van der Waals surface area contributed by atoms with Gasteiger partial charge in [0.1, 0.15) is 11.5 Å². The van der Waals surface area contributed by atoms with Crippen molar-refractivity contribution < 1.29 is 8.91 Å². The predicted molar refractivity (Wildman–Crippen MR) is 63.9 cm³/mol. The topological polar surface area (TPSA) is 80.7 Å². The third kappa shape index (κ3) is 1.64. The van der Waals surface area contributed by atoms with E-state index in [1.54, 1.807) is 18.3 Å². The van der Waals surface area contributed by atoms with Crippen molar-refractivity contribution in [3.63, 3.8) is 0 Å². The van der Waals surface area contributed by atoms with Crippen LogP contribution >= 0.6 is 0 Å². The number of halogens is 1. The van der Waals surface area contributed by atoms with E-state index in [0.717, 1.165) is 5.56 Å². The summed E-state index contributed by atoms with van der Waals surface area (Å²) in [6.45, 7) is 0. The highest BCUT2D eigenvalue weighted by Crippen LogP contribution is 2.33. The number of anilines is 1. The lowest BCUT2D eigenvalue weighted by Gasteiger charge is -2.01. The molecule has 6 heteroatoms. The first-order valence-corrected chi connectivity index (χ1v) is 5.25. The van der Waals surface area contributed by atoms with Gasteiger partial charge in [0.05, 0.1) is 23.7 Å². The lowest BCUT2D eigenvalue weighted by Crippen LogP contribution is -1.86. The minimum Gasteiger partial charge on any atom is -0.394 e. The molecule has 90 valence electrons. The fourth-order valence-corrected chi connectivity index (χ4v) is 1.75. The molecule has 2 aromatic heterocycles. The summed E-state index contributed by atoms with van der Waals surface area (Å²) in [6, 6.07) is 6.06. The van der Waals surface area contributed by atoms with Gasteiger partial charge in [-0.1, -0.05) is 5.16 Å². The molecule has 2 heterocycles. The maximum Gasteiger partial charge on any atom is 0.193 e. The van der Waals surface area contributed by atoms with Gasteiger partial charge < -0.3 is 10.3 Å². The molecular weight excluding hydrogens is 235 g/mol. The Morgan fingerprint density at radius 2 is 1.94 bits per heavy atom. The molecule has 3 rings (SSSR count). The zero-order valence-corrected chi connectivity index (χ0v) is 9.22. The fourth-order valence-electron chi connectivity index (χ4n) is 1.75. The van der Waals surface area contributed by atoms with Crippen molar-refractivity contribution in [1.29, 1.82) is 0 Å². The maximum atomic E-state index is 12.9. The molecule has 0 saturated carbocycles. The number of aromatic nitrogens is 3. The number of nitrogens with two attached hydrogens (primary N) is 1. The number of nitrogens with one attached hydrogen (secondary N) is 1. The second kappa shape index (κ2) is 3.99. The van der Waals surface area contributed by atoms with Crippen molar-refractivity contribution in [2.45, 2.75) is 0 Å². The van der Waals surface area contributed by atoms with E-state index in [2.05, 4.69) is 15.4 Å². The average molecular weight is 244 g/mol. The van der Waals surface area contributed by atoms with Crippen LogP contribution in [0.2, 0.25) is 0 Å². The van der Waals surface area contributed by atoms with Crippen LogP contribution in [-0.2, 0) is 0 Å². The largest absolute Gasteiger partial charge is 0.394 e. The van der Waals surface area contributed by atoms with E-state index in [0.29, 0.717) is 22.7 Å². The van der Waals surface area contributed by atoms with Crippen molar-refractivity contribution in [2.24, 2.45) is 0 Å². The molecule has 5 nitrogen and oxygen atoms in total. The molecule has 1 aromatic carbocycles. The van der Waals surface area contributed by atoms with E-state index < -0.39 is 0 Å². The van der Waals surface area contributed by atoms with Gasteiger partial charge in [-0.05, 0) is 24.3 Å². The van der Waals surface area contributed by atoms with Crippen LogP contribution < -0.4 is 5.73 Å². The van der Waals surface area contributed by atoms with Crippen LogP contribution in [0.3, 0.4) is 0 Å². The summed E-state index contributed by atoms with van der Waals surface area (Å²) >= 11 is 0. The van der Waals surface area contributed by atoms with Crippen molar-refractivity contribution >= 4 is 5.69 Å². The number of H-pyrrole nitrogens is 1. The van der Waals surface area contributed by atoms with Gasteiger partial charge in [-0.15, -0.1) is 0 Å². The highest BCUT2D eigenvalue weighted by Gasteiger charge is 2.16. The minimum atomic E-state index is -0.293. The van der Waals surface area contributed by atoms with Gasteiger partial charge in [0.25, 0.3) is 0 Å². The predicted octanol–water partition coefficient (Wildman–Crippen LogP) is 2.45. The molecule has 0 radical (unpaired) electrons. The van der Waals surface area contributed by atoms with Crippen LogP contribution in [0.15, 0.2) is 41.2 Å². The van der Waals surface area contributed by atoms with Crippen LogP contribution in [0.25, 0.3) is 22.6 Å². The molecule has 0 saturated heterocycles. The maximum absolute atomic E-state index is 12.9. The van der Waals surface area contributed by atoms with Gasteiger partial charge in [-0.3, -0.25) is 5.10 Å². The summed E-state index contributed by atoms with van der Waals surface area (Å²) in [5, 5.41) is 10.4. The molecule has 0 spiro atoms. The van der Waals surface area contributed by atoms with Gasteiger partial charge in [0.15, 0.2) is 5.76 Å². The number of nitrogens with zero attached hydrogens (tertiary/aromatic N) is 2. The van der Waals surface area contributed by atoms with Crippen LogP contribution in [0, 0.1) is 5.82 Å². The smallest absolute Gasteiger partial charge is 0.193 e. The van der Waals surface area contributed by atoms with Crippen LogP contribution in [0.1, 0.15) is 0 Å². The Morgan fingerprint density at radius 3 is 2.61 bits per heavy atom. The van der Waals surface area contributed by atoms with Gasteiger partial charge in [-0.25, -0.2) is 4.39 Å². The Balaban J connectivity index is 2.12. The zero-order valence-electron chi connectivity index (χ0n) is 9.22. The van der Waals surface area contributed by atoms with Crippen LogP contribution in [0.4, 0.5) is 10.1 Å². The SMILES string of the molecule is Nc1cnoc1-c1cn[nH]c1-c1ccc(F)cc1. The second-order valence-electron chi connectivity index (χ2n) is 3.78. The molecule has 0 fully saturated rings. The van der Waals surface area contributed by atoms with Crippen molar-refractivity contribution in [1.82, 2.24) is 15.4 Å². The molecule has 0 aliphatic carbocycles. The highest BCUT2D eigenvalue weighted by molar-refractivity contribution is 5.82. The van der Waals surface area contributed by atoms with E-state index in [4.69, 9.17) is 10.3 Å². The van der Waals surface area contributed by atoms with E-state index in [9.17, 15) is 4.39 Å². The molecular formula is C12H9FN4O. The third-order valence-corrected chi connectivity index (χ3v) is 2.61. The molecule has 3 N–H and O–H groups in total. The summed E-state index contributed by atoms with van der Waals surface area (Å²) < 4.78 is 18.0. The van der Waals surface area contributed by atoms with E-state index in [-0.39, 0.29) is 5.82 Å². The summed E-state index contributed by atoms with van der Waals surface area (Å²) in [6.07, 6.45) is 3.02. The molecule has 3 aromatic rings. The van der Waals surface area contributed by atoms with Crippen molar-refractivity contribution in [2.75, 3.05) is 5.73 Å². The Kier molecular flexibility index (Phi) is 2.33. The number of benzene rings is 1. The molecule has 18 heavy (non-hydrogen) atoms. The molecule has 0 aliphatic rings. The number of aromatic amines is 1. The quantitative estimate of drug-likeness (QED) is 0.725. The first-order valence-electron chi connectivity index (χ1n) is 5.25. The van der Waals surface area contributed by atoms with E-state index >= 15 is 0 Å². The summed E-state index contributed by atoms with van der Waals surface area (Å²) in [4.78, 5) is 0. The average Bonchev–Trinajstić information content (AvgIpc) is 2.98. The third-order valence-electron chi connectivity index (χ3n) is 2.61. The van der Waals surface area contributed by atoms with Gasteiger partial charge in [-0.2, -0.15) is 5.10 Å². The van der Waals surface area contributed by atoms with E-state index in [1.165, 1.54) is 18.3 Å². The normalized spacial score (nSPS) is 10.7. The summed E-state index contributed by atoms with van der Waals surface area (Å²) in [7, 11) is 0. The number of hydrogen-bond donors (Lipinski definition) is 2. The lowest BCUT2D eigenvalue weighted by molar-refractivity contribution is 0.432. The Labute approximate surface area is 101 Å². The minimum absolute atomic E-state index is 0.293. The van der Waals surface area contributed by atoms with Gasteiger partial charge in [0.2, 0.25) is 0 Å². The first kappa shape index (κ1) is 10.5. The molecule has 0 amide bonds. The van der Waals surface area contributed by atoms with Gasteiger partial charge >= 0.3 is 0 Å². The van der Waals surface area contributed by atoms with E-state index in [1.807, 2.05) is 0 Å². The van der Waals surface area contributed by atoms with Crippen LogP contribution in [-0.4, -0.2) is 15.4 Å².